The molecule has 0 heterocycles. The predicted molar refractivity (Wildman–Crippen MR) is 42.3 cm³/mol. The molecule has 0 aromatic carbocycles. The van der Waals surface area contributed by atoms with Crippen LogP contribution in [-0.4, -0.2) is 25.0 Å². The van der Waals surface area contributed by atoms with Crippen molar-refractivity contribution in [2.45, 2.75) is 19.4 Å². The molecule has 0 bridgehead atoms. The van der Waals surface area contributed by atoms with E-state index in [0.29, 0.717) is 0 Å². The number of nitriles is 1. The molecular formula is C8H8F3NO3. The Hall–Kier alpha value is -1.55. The monoisotopic (exact) mass is 223 g/mol. The summed E-state index contributed by atoms with van der Waals surface area (Å²) in [5.74, 6) is -1.10. The maximum Gasteiger partial charge on any atom is 0.411 e. The summed E-state index contributed by atoms with van der Waals surface area (Å²) >= 11 is 0. The van der Waals surface area contributed by atoms with E-state index in [4.69, 9.17) is 5.26 Å². The molecule has 0 aromatic heterocycles. The first-order valence-corrected chi connectivity index (χ1v) is 3.74. The van der Waals surface area contributed by atoms with Crippen LogP contribution in [0.25, 0.3) is 0 Å². The van der Waals surface area contributed by atoms with Crippen molar-refractivity contribution >= 4 is 5.97 Å². The molecule has 1 unspecified atom stereocenters. The number of ether oxygens (including phenoxy) is 2. The first-order chi connectivity index (χ1) is 6.76. The maximum atomic E-state index is 11.6. The lowest BCUT2D eigenvalue weighted by molar-refractivity contribution is -0.222. The summed E-state index contributed by atoms with van der Waals surface area (Å²) in [6.07, 6.45) is -5.88. The molecular weight excluding hydrogens is 215 g/mol. The van der Waals surface area contributed by atoms with E-state index in [0.717, 1.165) is 6.92 Å². The van der Waals surface area contributed by atoms with E-state index in [1.54, 1.807) is 0 Å². The molecule has 15 heavy (non-hydrogen) atoms. The molecule has 0 saturated carbocycles. The highest BCUT2D eigenvalue weighted by molar-refractivity contribution is 5.91. The Morgan fingerprint density at radius 1 is 1.60 bits per heavy atom. The van der Waals surface area contributed by atoms with Crippen molar-refractivity contribution in [3.63, 3.8) is 0 Å². The van der Waals surface area contributed by atoms with Crippen LogP contribution in [0.5, 0.6) is 0 Å². The van der Waals surface area contributed by atoms with E-state index in [-0.39, 0.29) is 0 Å². The molecule has 0 spiro atoms. The van der Waals surface area contributed by atoms with Gasteiger partial charge in [0.05, 0.1) is 0 Å². The van der Waals surface area contributed by atoms with Crippen LogP contribution in [-0.2, 0) is 14.3 Å². The smallest absolute Gasteiger partial charge is 0.411 e. The Kier molecular flexibility index (Phi) is 4.81. The van der Waals surface area contributed by atoms with Crippen LogP contribution < -0.4 is 0 Å². The van der Waals surface area contributed by atoms with Gasteiger partial charge < -0.3 is 9.47 Å². The van der Waals surface area contributed by atoms with Crippen molar-refractivity contribution in [1.82, 2.24) is 0 Å². The Bertz CT molecular complexity index is 292. The quantitative estimate of drug-likeness (QED) is 0.314. The fourth-order valence-electron chi connectivity index (χ4n) is 0.513. The van der Waals surface area contributed by atoms with Gasteiger partial charge in [-0.25, -0.2) is 4.79 Å². The van der Waals surface area contributed by atoms with E-state index in [9.17, 15) is 18.0 Å². The number of carbonyl (C=O) groups is 1. The molecule has 0 N–H and O–H groups in total. The number of rotatable bonds is 4. The van der Waals surface area contributed by atoms with Crippen LogP contribution in [0.3, 0.4) is 0 Å². The molecule has 0 fully saturated rings. The van der Waals surface area contributed by atoms with Crippen LogP contribution in [0.2, 0.25) is 0 Å². The summed E-state index contributed by atoms with van der Waals surface area (Å²) in [5, 5.41) is 8.21. The Labute approximate surface area is 83.9 Å². The molecule has 0 rings (SSSR count). The molecule has 0 aromatic rings. The number of nitrogens with zero attached hydrogens (tertiary/aromatic N) is 1. The lowest BCUT2D eigenvalue weighted by Crippen LogP contribution is -2.25. The van der Waals surface area contributed by atoms with Gasteiger partial charge in [0.2, 0.25) is 6.29 Å². The summed E-state index contributed by atoms with van der Waals surface area (Å²) in [7, 11) is 0. The standard InChI is InChI=1S/C8H8F3NO3/c1-5(3-12)7(13)15-6(2)14-4-8(9,10)11/h6H,1,4H2,2H3. The van der Waals surface area contributed by atoms with Crippen LogP contribution in [0.15, 0.2) is 12.2 Å². The van der Waals surface area contributed by atoms with Crippen molar-refractivity contribution in [2.75, 3.05) is 6.61 Å². The number of esters is 1. The number of hydrogen-bond acceptors (Lipinski definition) is 4. The SMILES string of the molecule is C=C(C#N)C(=O)OC(C)OCC(F)(F)F. The average Bonchev–Trinajstić information content (AvgIpc) is 2.12. The minimum Gasteiger partial charge on any atom is -0.432 e. The highest BCUT2D eigenvalue weighted by Gasteiger charge is 2.29. The molecule has 1 atom stereocenters. The van der Waals surface area contributed by atoms with Gasteiger partial charge in [-0.15, -0.1) is 0 Å². The third kappa shape index (κ3) is 6.51. The lowest BCUT2D eigenvalue weighted by atomic mass is 10.3. The molecule has 0 aliphatic carbocycles. The summed E-state index contributed by atoms with van der Waals surface area (Å²) in [6, 6.07) is 1.40. The van der Waals surface area contributed by atoms with Gasteiger partial charge in [-0.1, -0.05) is 6.58 Å². The highest BCUT2D eigenvalue weighted by atomic mass is 19.4. The van der Waals surface area contributed by atoms with Crippen molar-refractivity contribution in [3.05, 3.63) is 12.2 Å². The summed E-state index contributed by atoms with van der Waals surface area (Å²) in [6.45, 7) is 2.60. The number of carbonyl (C=O) groups excluding carboxylic acids is 1. The van der Waals surface area contributed by atoms with Gasteiger partial charge in [0, 0.05) is 0 Å². The number of alkyl halides is 3. The van der Waals surface area contributed by atoms with Gasteiger partial charge >= 0.3 is 12.1 Å². The zero-order valence-electron chi connectivity index (χ0n) is 7.80. The normalized spacial score (nSPS) is 12.7. The minimum absolute atomic E-state index is 0.502. The van der Waals surface area contributed by atoms with Crippen molar-refractivity contribution in [1.29, 1.82) is 5.26 Å². The Morgan fingerprint density at radius 3 is 2.53 bits per heavy atom. The van der Waals surface area contributed by atoms with Crippen molar-refractivity contribution < 1.29 is 27.4 Å². The van der Waals surface area contributed by atoms with Crippen molar-refractivity contribution in [2.24, 2.45) is 0 Å². The van der Waals surface area contributed by atoms with E-state index < -0.39 is 30.6 Å². The van der Waals surface area contributed by atoms with Gasteiger partial charge in [0.15, 0.2) is 0 Å². The van der Waals surface area contributed by atoms with Crippen molar-refractivity contribution in [3.8, 4) is 6.07 Å². The first kappa shape index (κ1) is 13.4. The minimum atomic E-state index is -4.49. The summed E-state index contributed by atoms with van der Waals surface area (Å²) in [4.78, 5) is 10.8. The van der Waals surface area contributed by atoms with Crippen LogP contribution in [0.4, 0.5) is 13.2 Å². The van der Waals surface area contributed by atoms with Crippen LogP contribution in [0, 0.1) is 11.3 Å². The Morgan fingerprint density at radius 2 is 2.13 bits per heavy atom. The topological polar surface area (TPSA) is 59.3 Å². The van der Waals surface area contributed by atoms with E-state index in [1.165, 1.54) is 6.07 Å². The molecule has 0 amide bonds. The van der Waals surface area contributed by atoms with Gasteiger partial charge in [0.25, 0.3) is 0 Å². The summed E-state index contributed by atoms with van der Waals surface area (Å²) in [5.41, 5.74) is -0.502. The predicted octanol–water partition coefficient (Wildman–Crippen LogP) is 1.53. The fraction of sp³-hybridized carbons (Fsp3) is 0.500. The van der Waals surface area contributed by atoms with E-state index in [2.05, 4.69) is 16.1 Å². The van der Waals surface area contributed by atoms with E-state index in [1.807, 2.05) is 0 Å². The van der Waals surface area contributed by atoms with Crippen LogP contribution in [0.1, 0.15) is 6.92 Å². The third-order valence-electron chi connectivity index (χ3n) is 1.14. The lowest BCUT2D eigenvalue weighted by Gasteiger charge is -2.14. The van der Waals surface area contributed by atoms with E-state index >= 15 is 0 Å². The summed E-state index contributed by atoms with van der Waals surface area (Å²) < 4.78 is 43.4. The molecule has 0 radical (unpaired) electrons. The second-order valence-electron chi connectivity index (χ2n) is 2.49. The van der Waals surface area contributed by atoms with Gasteiger partial charge in [-0.05, 0) is 6.92 Å². The van der Waals surface area contributed by atoms with Crippen LogP contribution >= 0.6 is 0 Å². The molecule has 0 saturated heterocycles. The number of hydrogen-bond donors (Lipinski definition) is 0. The molecule has 0 aliphatic heterocycles. The second kappa shape index (κ2) is 5.36. The average molecular weight is 223 g/mol. The Balaban J connectivity index is 3.96. The number of halogens is 3. The molecule has 4 nitrogen and oxygen atoms in total. The zero-order chi connectivity index (χ0) is 12.1. The van der Waals surface area contributed by atoms with Gasteiger partial charge in [-0.2, -0.15) is 18.4 Å². The third-order valence-corrected chi connectivity index (χ3v) is 1.14. The molecule has 84 valence electrons. The van der Waals surface area contributed by atoms with Gasteiger partial charge in [-0.3, -0.25) is 0 Å². The second-order valence-corrected chi connectivity index (χ2v) is 2.49. The molecule has 0 aliphatic rings. The first-order valence-electron chi connectivity index (χ1n) is 3.74. The fourth-order valence-corrected chi connectivity index (χ4v) is 0.513. The van der Waals surface area contributed by atoms with Gasteiger partial charge in [0.1, 0.15) is 18.2 Å². The highest BCUT2D eigenvalue weighted by Crippen LogP contribution is 2.15. The maximum absolute atomic E-state index is 11.6. The largest absolute Gasteiger partial charge is 0.432 e. The molecule has 7 heteroatoms. The zero-order valence-corrected chi connectivity index (χ0v) is 7.80.